The van der Waals surface area contributed by atoms with Gasteiger partial charge < -0.3 is 4.74 Å². The fraction of sp³-hybridized carbons (Fsp3) is 0.857. The number of ether oxygens (including phenoxy) is 1. The zero-order valence-electron chi connectivity index (χ0n) is 6.72. The average molecular weight is 159 g/mol. The van der Waals surface area contributed by atoms with Crippen LogP contribution in [0.4, 0.5) is 0 Å². The molecule has 0 aliphatic carbocycles. The van der Waals surface area contributed by atoms with Gasteiger partial charge in [-0.25, -0.2) is 4.99 Å². The van der Waals surface area contributed by atoms with Gasteiger partial charge >= 0.3 is 0 Å². The summed E-state index contributed by atoms with van der Waals surface area (Å²) >= 11 is 0. The van der Waals surface area contributed by atoms with Crippen LogP contribution in [0.2, 0.25) is 0 Å². The van der Waals surface area contributed by atoms with Crippen molar-refractivity contribution >= 4 is 14.9 Å². The van der Waals surface area contributed by atoms with E-state index in [9.17, 15) is 0 Å². The van der Waals surface area contributed by atoms with Crippen LogP contribution in [0.15, 0.2) is 4.99 Å². The first-order valence-corrected chi connectivity index (χ1v) is 4.04. The topological polar surface area (TPSA) is 21.6 Å². The Morgan fingerprint density at radius 3 is 2.40 bits per heavy atom. The number of rotatable bonds is 0. The Balaban J connectivity index is 2.61. The van der Waals surface area contributed by atoms with E-state index < -0.39 is 0 Å². The van der Waals surface area contributed by atoms with Gasteiger partial charge in [0, 0.05) is 0 Å². The van der Waals surface area contributed by atoms with Crippen molar-refractivity contribution < 1.29 is 4.74 Å². The van der Waals surface area contributed by atoms with E-state index in [0.29, 0.717) is 6.04 Å². The molecule has 0 N–H and O–H groups in total. The monoisotopic (exact) mass is 159 g/mol. The lowest BCUT2D eigenvalue weighted by molar-refractivity contribution is 0.238. The molecule has 0 aromatic carbocycles. The van der Waals surface area contributed by atoms with Gasteiger partial charge in [-0.1, -0.05) is 20.8 Å². The molecule has 3 heteroatoms. The third-order valence-electron chi connectivity index (χ3n) is 1.67. The van der Waals surface area contributed by atoms with Crippen LogP contribution in [0, 0.1) is 5.41 Å². The summed E-state index contributed by atoms with van der Waals surface area (Å²) in [5.41, 5.74) is 0.984. The van der Waals surface area contributed by atoms with E-state index in [0.717, 1.165) is 12.2 Å². The van der Waals surface area contributed by atoms with E-state index in [1.807, 2.05) is 0 Å². The van der Waals surface area contributed by atoms with Crippen molar-refractivity contribution in [2.24, 2.45) is 10.4 Å². The van der Waals surface area contributed by atoms with E-state index in [2.05, 4.69) is 35.0 Å². The molecular formula is C7H14NOP. The van der Waals surface area contributed by atoms with Gasteiger partial charge in [-0.2, -0.15) is 0 Å². The molecule has 0 saturated heterocycles. The Morgan fingerprint density at radius 1 is 1.60 bits per heavy atom. The van der Waals surface area contributed by atoms with Gasteiger partial charge in [0.2, 0.25) is 0 Å². The van der Waals surface area contributed by atoms with Crippen LogP contribution < -0.4 is 0 Å². The Morgan fingerprint density at radius 2 is 2.20 bits per heavy atom. The first kappa shape index (κ1) is 8.00. The second-order valence-electron chi connectivity index (χ2n) is 3.66. The van der Waals surface area contributed by atoms with E-state index in [-0.39, 0.29) is 5.41 Å². The van der Waals surface area contributed by atoms with Crippen LogP contribution in [0.5, 0.6) is 0 Å². The van der Waals surface area contributed by atoms with Gasteiger partial charge in [-0.3, -0.25) is 0 Å². The highest BCUT2D eigenvalue weighted by atomic mass is 31.0. The summed E-state index contributed by atoms with van der Waals surface area (Å²) in [4.78, 5) is 4.32. The van der Waals surface area contributed by atoms with Gasteiger partial charge in [-0.15, -0.1) is 0 Å². The summed E-state index contributed by atoms with van der Waals surface area (Å²) in [5, 5.41) is 0. The molecule has 58 valence electrons. The molecule has 10 heavy (non-hydrogen) atoms. The molecule has 2 nitrogen and oxygen atoms in total. The van der Waals surface area contributed by atoms with Crippen LogP contribution in [0.25, 0.3) is 0 Å². The van der Waals surface area contributed by atoms with Crippen LogP contribution in [0.1, 0.15) is 20.8 Å². The molecule has 1 aliphatic rings. The Hall–Kier alpha value is -0.100. The third-order valence-corrected chi connectivity index (χ3v) is 1.99. The standard InChI is InChI=1S/C7H14NOP/c1-7(2,3)5-4-9-6(10)8-5/h5H,4,10H2,1-3H3. The van der Waals surface area contributed by atoms with Crippen molar-refractivity contribution in [1.29, 1.82) is 0 Å². The lowest BCUT2D eigenvalue weighted by Crippen LogP contribution is -2.25. The molecule has 0 amide bonds. The van der Waals surface area contributed by atoms with Crippen molar-refractivity contribution in [2.45, 2.75) is 26.8 Å². The second-order valence-corrected chi connectivity index (χ2v) is 4.15. The fourth-order valence-corrected chi connectivity index (χ4v) is 1.11. The maximum atomic E-state index is 5.20. The minimum absolute atomic E-state index is 0.234. The largest absolute Gasteiger partial charge is 0.476 e. The normalized spacial score (nSPS) is 26.0. The lowest BCUT2D eigenvalue weighted by atomic mass is 9.88. The molecule has 0 saturated carbocycles. The molecule has 0 fully saturated rings. The summed E-state index contributed by atoms with van der Waals surface area (Å²) < 4.78 is 5.20. The van der Waals surface area contributed by atoms with Crippen molar-refractivity contribution in [3.8, 4) is 0 Å². The molecule has 0 bridgehead atoms. The summed E-state index contributed by atoms with van der Waals surface area (Å²) in [5.74, 6) is 0. The highest BCUT2D eigenvalue weighted by molar-refractivity contribution is 7.39. The fourth-order valence-electron chi connectivity index (χ4n) is 0.836. The summed E-state index contributed by atoms with van der Waals surface area (Å²) in [6.45, 7) is 7.26. The summed E-state index contributed by atoms with van der Waals surface area (Å²) in [6, 6.07) is 0.333. The number of hydrogen-bond acceptors (Lipinski definition) is 2. The van der Waals surface area contributed by atoms with Crippen LogP contribution >= 0.6 is 9.24 Å². The van der Waals surface area contributed by atoms with Crippen molar-refractivity contribution in [2.75, 3.05) is 6.61 Å². The smallest absolute Gasteiger partial charge is 0.199 e. The summed E-state index contributed by atoms with van der Waals surface area (Å²) in [7, 11) is 2.48. The maximum Gasteiger partial charge on any atom is 0.199 e. The van der Waals surface area contributed by atoms with Crippen molar-refractivity contribution in [1.82, 2.24) is 0 Å². The van der Waals surface area contributed by atoms with Gasteiger partial charge in [0.25, 0.3) is 0 Å². The van der Waals surface area contributed by atoms with E-state index in [4.69, 9.17) is 4.74 Å². The van der Waals surface area contributed by atoms with Crippen LogP contribution in [0.3, 0.4) is 0 Å². The maximum absolute atomic E-state index is 5.20. The van der Waals surface area contributed by atoms with E-state index in [1.54, 1.807) is 0 Å². The molecular weight excluding hydrogens is 145 g/mol. The van der Waals surface area contributed by atoms with Gasteiger partial charge in [0.05, 0.1) is 6.04 Å². The highest BCUT2D eigenvalue weighted by Crippen LogP contribution is 2.26. The molecule has 0 aromatic heterocycles. The number of hydrogen-bond donors (Lipinski definition) is 0. The molecule has 2 atom stereocenters. The minimum Gasteiger partial charge on any atom is -0.476 e. The van der Waals surface area contributed by atoms with Crippen molar-refractivity contribution in [3.05, 3.63) is 0 Å². The van der Waals surface area contributed by atoms with Gasteiger partial charge in [-0.05, 0) is 14.7 Å². The predicted molar refractivity (Wildman–Crippen MR) is 46.3 cm³/mol. The molecule has 1 heterocycles. The third kappa shape index (κ3) is 1.69. The Labute approximate surface area is 64.3 Å². The summed E-state index contributed by atoms with van der Waals surface area (Å²) in [6.07, 6.45) is 0. The highest BCUT2D eigenvalue weighted by Gasteiger charge is 2.28. The average Bonchev–Trinajstić information content (AvgIpc) is 2.11. The zero-order valence-corrected chi connectivity index (χ0v) is 7.87. The Bertz CT molecular complexity index is 159. The molecule has 1 rings (SSSR count). The first-order chi connectivity index (χ1) is 4.50. The zero-order chi connectivity index (χ0) is 7.78. The van der Waals surface area contributed by atoms with Gasteiger partial charge in [0.15, 0.2) is 5.64 Å². The second kappa shape index (κ2) is 2.50. The molecule has 0 radical (unpaired) electrons. The molecule has 2 unspecified atom stereocenters. The minimum atomic E-state index is 0.234. The SMILES string of the molecule is CC(C)(C)C1COC(P)=N1. The van der Waals surface area contributed by atoms with Gasteiger partial charge in [0.1, 0.15) is 6.61 Å². The van der Waals surface area contributed by atoms with Crippen molar-refractivity contribution in [3.63, 3.8) is 0 Å². The van der Waals surface area contributed by atoms with Crippen LogP contribution in [-0.4, -0.2) is 18.3 Å². The first-order valence-electron chi connectivity index (χ1n) is 3.46. The molecule has 1 aliphatic heterocycles. The number of aliphatic imine (C=N–C) groups is 1. The quantitative estimate of drug-likeness (QED) is 0.492. The van der Waals surface area contributed by atoms with E-state index in [1.165, 1.54) is 0 Å². The van der Waals surface area contributed by atoms with E-state index >= 15 is 0 Å². The predicted octanol–water partition coefficient (Wildman–Crippen LogP) is 1.66. The lowest BCUT2D eigenvalue weighted by Gasteiger charge is -2.21. The number of nitrogens with zero attached hydrogens (tertiary/aromatic N) is 1. The Kier molecular flexibility index (Phi) is 2.00. The molecule has 0 aromatic rings. The van der Waals surface area contributed by atoms with Crippen LogP contribution in [-0.2, 0) is 4.74 Å². The molecule has 0 spiro atoms.